The van der Waals surface area contributed by atoms with E-state index in [1.165, 1.54) is 41.9 Å². The fourth-order valence-electron chi connectivity index (χ4n) is 2.85. The number of hydrogen-bond acceptors (Lipinski definition) is 4. The normalized spacial score (nSPS) is 17.2. The Morgan fingerprint density at radius 2 is 2.00 bits per heavy atom. The molecule has 1 aliphatic carbocycles. The molecular formula is C16H21N3S. The summed E-state index contributed by atoms with van der Waals surface area (Å²) in [6.07, 6.45) is 3.93. The molecule has 106 valence electrons. The molecule has 0 amide bonds. The van der Waals surface area contributed by atoms with Crippen molar-refractivity contribution in [2.75, 3.05) is 0 Å². The molecular weight excluding hydrogens is 266 g/mol. The van der Waals surface area contributed by atoms with Crippen molar-refractivity contribution in [1.82, 2.24) is 9.59 Å². The summed E-state index contributed by atoms with van der Waals surface area (Å²) in [5.41, 5.74) is 10.3. The van der Waals surface area contributed by atoms with Crippen LogP contribution in [-0.2, 0) is 0 Å². The predicted molar refractivity (Wildman–Crippen MR) is 83.1 cm³/mol. The number of rotatable bonds is 4. The Labute approximate surface area is 124 Å². The molecule has 0 spiro atoms. The second kappa shape index (κ2) is 5.62. The Hall–Kier alpha value is -1.26. The summed E-state index contributed by atoms with van der Waals surface area (Å²) < 4.78 is 4.11. The van der Waals surface area contributed by atoms with Crippen LogP contribution in [0.5, 0.6) is 0 Å². The van der Waals surface area contributed by atoms with Crippen LogP contribution in [0.2, 0.25) is 0 Å². The van der Waals surface area contributed by atoms with Gasteiger partial charge in [-0.2, -0.15) is 0 Å². The van der Waals surface area contributed by atoms with Gasteiger partial charge in [-0.05, 0) is 47.3 Å². The Morgan fingerprint density at radius 1 is 1.25 bits per heavy atom. The van der Waals surface area contributed by atoms with Crippen LogP contribution >= 0.6 is 11.5 Å². The molecule has 1 aliphatic rings. The van der Waals surface area contributed by atoms with Crippen LogP contribution in [0.25, 0.3) is 0 Å². The van der Waals surface area contributed by atoms with Gasteiger partial charge in [0, 0.05) is 0 Å². The fourth-order valence-corrected chi connectivity index (χ4v) is 3.67. The first-order chi connectivity index (χ1) is 9.68. The van der Waals surface area contributed by atoms with Gasteiger partial charge in [0.2, 0.25) is 0 Å². The van der Waals surface area contributed by atoms with E-state index in [1.54, 1.807) is 0 Å². The van der Waals surface area contributed by atoms with Gasteiger partial charge in [-0.25, -0.2) is 0 Å². The Kier molecular flexibility index (Phi) is 3.85. The fraction of sp³-hybridized carbons (Fsp3) is 0.500. The second-order valence-electron chi connectivity index (χ2n) is 5.91. The van der Waals surface area contributed by atoms with Crippen LogP contribution in [0.15, 0.2) is 24.3 Å². The van der Waals surface area contributed by atoms with Gasteiger partial charge in [-0.3, -0.25) is 0 Å². The average Bonchev–Trinajstić information content (AvgIpc) is 2.86. The molecule has 3 rings (SSSR count). The van der Waals surface area contributed by atoms with E-state index in [0.29, 0.717) is 11.8 Å². The van der Waals surface area contributed by atoms with Crippen molar-refractivity contribution in [3.05, 3.63) is 46.0 Å². The highest BCUT2D eigenvalue weighted by Crippen LogP contribution is 2.41. The van der Waals surface area contributed by atoms with Crippen LogP contribution in [0, 0.1) is 0 Å². The predicted octanol–water partition coefficient (Wildman–Crippen LogP) is 3.98. The summed E-state index contributed by atoms with van der Waals surface area (Å²) in [5.74, 6) is 1.06. The van der Waals surface area contributed by atoms with Gasteiger partial charge in [0.15, 0.2) is 0 Å². The number of nitrogens with zero attached hydrogens (tertiary/aromatic N) is 2. The first-order valence-electron chi connectivity index (χ1n) is 7.35. The lowest BCUT2D eigenvalue weighted by Crippen LogP contribution is -2.18. The average molecular weight is 287 g/mol. The van der Waals surface area contributed by atoms with Gasteiger partial charge in [0.05, 0.1) is 16.6 Å². The molecule has 2 aromatic rings. The van der Waals surface area contributed by atoms with E-state index in [9.17, 15) is 0 Å². The van der Waals surface area contributed by atoms with Crippen LogP contribution in [0.3, 0.4) is 0 Å². The molecule has 1 heterocycles. The van der Waals surface area contributed by atoms with E-state index in [0.717, 1.165) is 10.6 Å². The third kappa shape index (κ3) is 2.38. The minimum absolute atomic E-state index is 0.0933. The zero-order valence-electron chi connectivity index (χ0n) is 12.0. The second-order valence-corrected chi connectivity index (χ2v) is 6.70. The van der Waals surface area contributed by atoms with Crippen LogP contribution in [-0.4, -0.2) is 9.59 Å². The van der Waals surface area contributed by atoms with E-state index >= 15 is 0 Å². The number of benzene rings is 1. The molecule has 1 saturated carbocycles. The van der Waals surface area contributed by atoms with Gasteiger partial charge in [-0.1, -0.05) is 49.0 Å². The van der Waals surface area contributed by atoms with Gasteiger partial charge in [0.25, 0.3) is 0 Å². The summed E-state index contributed by atoms with van der Waals surface area (Å²) in [6, 6.07) is 8.52. The summed E-state index contributed by atoms with van der Waals surface area (Å²) in [6.45, 7) is 4.29. The molecule has 0 aliphatic heterocycles. The van der Waals surface area contributed by atoms with E-state index in [-0.39, 0.29) is 6.04 Å². The lowest BCUT2D eigenvalue weighted by Gasteiger charge is -2.29. The molecule has 0 bridgehead atoms. The molecule has 1 aromatic carbocycles. The monoisotopic (exact) mass is 287 g/mol. The minimum atomic E-state index is -0.0933. The number of aromatic nitrogens is 2. The minimum Gasteiger partial charge on any atom is -0.319 e. The molecule has 1 aromatic heterocycles. The van der Waals surface area contributed by atoms with Crippen LogP contribution < -0.4 is 5.73 Å². The Bertz CT molecular complexity index is 587. The van der Waals surface area contributed by atoms with Crippen molar-refractivity contribution >= 4 is 11.5 Å². The first kappa shape index (κ1) is 13.7. The first-order valence-corrected chi connectivity index (χ1v) is 8.12. The summed E-state index contributed by atoms with van der Waals surface area (Å²) in [4.78, 5) is 1.12. The largest absolute Gasteiger partial charge is 0.319 e. The van der Waals surface area contributed by atoms with E-state index in [4.69, 9.17) is 5.73 Å². The summed E-state index contributed by atoms with van der Waals surface area (Å²) >= 11 is 1.44. The molecule has 1 unspecified atom stereocenters. The van der Waals surface area contributed by atoms with Crippen molar-refractivity contribution in [2.24, 2.45) is 5.73 Å². The molecule has 0 radical (unpaired) electrons. The van der Waals surface area contributed by atoms with Crippen molar-refractivity contribution in [2.45, 2.75) is 51.0 Å². The Morgan fingerprint density at radius 3 is 2.65 bits per heavy atom. The standard InChI is InChI=1S/C16H21N3S/c1-10(2)15-16(20-19-18-15)14(17)13-9-4-3-8-12(13)11-6-5-7-11/h3-4,8-11,14H,5-7,17H2,1-2H3. The zero-order valence-corrected chi connectivity index (χ0v) is 12.9. The van der Waals surface area contributed by atoms with Gasteiger partial charge >= 0.3 is 0 Å². The van der Waals surface area contributed by atoms with E-state index in [2.05, 4.69) is 47.7 Å². The lowest BCUT2D eigenvalue weighted by molar-refractivity contribution is 0.416. The molecule has 3 nitrogen and oxygen atoms in total. The van der Waals surface area contributed by atoms with Gasteiger partial charge < -0.3 is 5.73 Å². The molecule has 1 atom stereocenters. The highest BCUT2D eigenvalue weighted by Gasteiger charge is 2.26. The van der Waals surface area contributed by atoms with Crippen molar-refractivity contribution in [1.29, 1.82) is 0 Å². The highest BCUT2D eigenvalue weighted by molar-refractivity contribution is 7.05. The van der Waals surface area contributed by atoms with Gasteiger partial charge in [0.1, 0.15) is 0 Å². The number of hydrogen-bond donors (Lipinski definition) is 1. The quantitative estimate of drug-likeness (QED) is 0.925. The zero-order chi connectivity index (χ0) is 14.1. The maximum Gasteiger partial charge on any atom is 0.0832 e. The van der Waals surface area contributed by atoms with Crippen LogP contribution in [0.4, 0.5) is 0 Å². The highest BCUT2D eigenvalue weighted by atomic mass is 32.1. The Balaban J connectivity index is 1.97. The van der Waals surface area contributed by atoms with Crippen molar-refractivity contribution in [3.8, 4) is 0 Å². The smallest absolute Gasteiger partial charge is 0.0832 e. The maximum absolute atomic E-state index is 6.55. The van der Waals surface area contributed by atoms with Crippen LogP contribution in [0.1, 0.15) is 72.7 Å². The summed E-state index contributed by atoms with van der Waals surface area (Å²) in [7, 11) is 0. The topological polar surface area (TPSA) is 51.8 Å². The summed E-state index contributed by atoms with van der Waals surface area (Å²) in [5, 5.41) is 4.26. The van der Waals surface area contributed by atoms with Crippen molar-refractivity contribution < 1.29 is 0 Å². The lowest BCUT2D eigenvalue weighted by atomic mass is 9.77. The maximum atomic E-state index is 6.55. The molecule has 4 heteroatoms. The van der Waals surface area contributed by atoms with E-state index < -0.39 is 0 Å². The van der Waals surface area contributed by atoms with Gasteiger partial charge in [-0.15, -0.1) is 5.10 Å². The SMILES string of the molecule is CC(C)c1nnsc1C(N)c1ccccc1C1CCC1. The number of nitrogens with two attached hydrogens (primary N) is 1. The molecule has 2 N–H and O–H groups in total. The molecule has 0 saturated heterocycles. The van der Waals surface area contributed by atoms with Crippen molar-refractivity contribution in [3.63, 3.8) is 0 Å². The third-order valence-electron chi connectivity index (χ3n) is 4.25. The molecule has 20 heavy (non-hydrogen) atoms. The third-order valence-corrected chi connectivity index (χ3v) is 5.07. The molecule has 1 fully saturated rings. The van der Waals surface area contributed by atoms with E-state index in [1.807, 2.05) is 0 Å².